The van der Waals surface area contributed by atoms with Crippen molar-refractivity contribution in [1.29, 1.82) is 0 Å². The lowest BCUT2D eigenvalue weighted by molar-refractivity contribution is -0.386. The Morgan fingerprint density at radius 2 is 2.11 bits per heavy atom. The Morgan fingerprint density at radius 3 is 2.67 bits per heavy atom. The molecule has 0 atom stereocenters. The van der Waals surface area contributed by atoms with Crippen LogP contribution in [0.2, 0.25) is 0 Å². The monoisotopic (exact) mass is 257 g/mol. The Morgan fingerprint density at radius 1 is 1.44 bits per heavy atom. The SMILES string of the molecule is O=C(O)CCCCn1cc([N+](=O)[O-])c(=O)[nH]c1=O. The molecule has 0 fully saturated rings. The van der Waals surface area contributed by atoms with Crippen molar-refractivity contribution in [2.24, 2.45) is 0 Å². The first-order valence-electron chi connectivity index (χ1n) is 5.11. The van der Waals surface area contributed by atoms with Crippen molar-refractivity contribution in [2.45, 2.75) is 25.8 Å². The standard InChI is InChI=1S/C9H11N3O6/c13-7(14)3-1-2-4-11-5-6(12(17)18)8(15)10-9(11)16/h5H,1-4H2,(H,13,14)(H,10,15,16). The van der Waals surface area contributed by atoms with Gasteiger partial charge in [0, 0.05) is 13.0 Å². The molecule has 2 N–H and O–H groups in total. The van der Waals surface area contributed by atoms with Crippen LogP contribution in [0.15, 0.2) is 15.8 Å². The highest BCUT2D eigenvalue weighted by molar-refractivity contribution is 5.66. The Kier molecular flexibility index (Phi) is 4.35. The van der Waals surface area contributed by atoms with Crippen LogP contribution in [-0.4, -0.2) is 25.6 Å². The minimum atomic E-state index is -1.05. The number of aliphatic carboxylic acids is 1. The first-order valence-corrected chi connectivity index (χ1v) is 5.11. The summed E-state index contributed by atoms with van der Waals surface area (Å²) in [6.07, 6.45) is 1.53. The van der Waals surface area contributed by atoms with Crippen LogP contribution in [0.4, 0.5) is 5.69 Å². The molecule has 1 rings (SSSR count). The highest BCUT2D eigenvalue weighted by Crippen LogP contribution is 2.02. The third-order valence-corrected chi connectivity index (χ3v) is 2.23. The molecule has 9 nitrogen and oxygen atoms in total. The summed E-state index contributed by atoms with van der Waals surface area (Å²) in [4.78, 5) is 44.1. The Balaban J connectivity index is 2.80. The third kappa shape index (κ3) is 3.54. The molecule has 0 saturated carbocycles. The number of unbranched alkanes of at least 4 members (excludes halogenated alkanes) is 1. The maximum atomic E-state index is 11.3. The number of carboxylic acids is 1. The van der Waals surface area contributed by atoms with Gasteiger partial charge in [-0.3, -0.25) is 29.3 Å². The lowest BCUT2D eigenvalue weighted by Crippen LogP contribution is -2.30. The number of nitrogens with zero attached hydrogens (tertiary/aromatic N) is 2. The lowest BCUT2D eigenvalue weighted by atomic mass is 10.2. The van der Waals surface area contributed by atoms with E-state index in [2.05, 4.69) is 0 Å². The molecule has 0 spiro atoms. The van der Waals surface area contributed by atoms with E-state index in [1.807, 2.05) is 4.98 Å². The second kappa shape index (κ2) is 5.75. The van der Waals surface area contributed by atoms with Crippen molar-refractivity contribution in [3.63, 3.8) is 0 Å². The number of aromatic nitrogens is 2. The molecule has 0 amide bonds. The van der Waals surface area contributed by atoms with E-state index in [-0.39, 0.29) is 13.0 Å². The summed E-state index contributed by atoms with van der Waals surface area (Å²) in [5.41, 5.74) is -2.51. The summed E-state index contributed by atoms with van der Waals surface area (Å²) >= 11 is 0. The fourth-order valence-electron chi connectivity index (χ4n) is 1.35. The average molecular weight is 257 g/mol. The highest BCUT2D eigenvalue weighted by Gasteiger charge is 2.14. The number of carbonyl (C=O) groups is 1. The third-order valence-electron chi connectivity index (χ3n) is 2.23. The van der Waals surface area contributed by atoms with Gasteiger partial charge in [-0.25, -0.2) is 4.79 Å². The molecule has 1 aromatic heterocycles. The summed E-state index contributed by atoms with van der Waals surface area (Å²) in [6, 6.07) is 0. The summed E-state index contributed by atoms with van der Waals surface area (Å²) in [5, 5.41) is 18.9. The number of carboxylic acid groups (broad SMARTS) is 1. The minimum Gasteiger partial charge on any atom is -0.481 e. The van der Waals surface area contributed by atoms with Gasteiger partial charge in [0.1, 0.15) is 0 Å². The van der Waals surface area contributed by atoms with Gasteiger partial charge in [-0.15, -0.1) is 0 Å². The molecular weight excluding hydrogens is 246 g/mol. The molecule has 0 aliphatic heterocycles. The van der Waals surface area contributed by atoms with Crippen LogP contribution in [-0.2, 0) is 11.3 Å². The number of hydrogen-bond donors (Lipinski definition) is 2. The number of rotatable bonds is 6. The van der Waals surface area contributed by atoms with Gasteiger partial charge in [0.2, 0.25) is 0 Å². The molecule has 0 aromatic carbocycles. The average Bonchev–Trinajstić information content (AvgIpc) is 2.25. The number of H-pyrrole nitrogens is 1. The smallest absolute Gasteiger partial charge is 0.350 e. The topological polar surface area (TPSA) is 135 Å². The van der Waals surface area contributed by atoms with Crippen molar-refractivity contribution in [1.82, 2.24) is 9.55 Å². The highest BCUT2D eigenvalue weighted by atomic mass is 16.6. The van der Waals surface area contributed by atoms with Crippen LogP contribution < -0.4 is 11.2 Å². The second-order valence-corrected chi connectivity index (χ2v) is 3.57. The van der Waals surface area contributed by atoms with E-state index in [1.165, 1.54) is 0 Å². The van der Waals surface area contributed by atoms with Crippen molar-refractivity contribution in [3.05, 3.63) is 37.1 Å². The zero-order chi connectivity index (χ0) is 13.7. The van der Waals surface area contributed by atoms with Gasteiger partial charge in [-0.2, -0.15) is 0 Å². The van der Waals surface area contributed by atoms with Gasteiger partial charge in [0.05, 0.1) is 11.1 Å². The summed E-state index contributed by atoms with van der Waals surface area (Å²) < 4.78 is 0.987. The molecule has 9 heteroatoms. The number of hydrogen-bond acceptors (Lipinski definition) is 5. The maximum Gasteiger partial charge on any atom is 0.350 e. The molecule has 98 valence electrons. The van der Waals surface area contributed by atoms with Gasteiger partial charge >= 0.3 is 22.9 Å². The summed E-state index contributed by atoms with van der Waals surface area (Å²) in [7, 11) is 0. The minimum absolute atomic E-state index is 0.0415. The predicted molar refractivity (Wildman–Crippen MR) is 59.5 cm³/mol. The zero-order valence-corrected chi connectivity index (χ0v) is 9.29. The van der Waals surface area contributed by atoms with E-state index in [4.69, 9.17) is 5.11 Å². The van der Waals surface area contributed by atoms with E-state index in [1.54, 1.807) is 0 Å². The van der Waals surface area contributed by atoms with Crippen molar-refractivity contribution >= 4 is 11.7 Å². The maximum absolute atomic E-state index is 11.3. The van der Waals surface area contributed by atoms with Crippen LogP contribution in [0.5, 0.6) is 0 Å². The van der Waals surface area contributed by atoms with Gasteiger partial charge in [0.15, 0.2) is 0 Å². The van der Waals surface area contributed by atoms with E-state index in [9.17, 15) is 24.5 Å². The largest absolute Gasteiger partial charge is 0.481 e. The number of nitrogens with one attached hydrogen (secondary N) is 1. The molecule has 1 aromatic rings. The van der Waals surface area contributed by atoms with Gasteiger partial charge < -0.3 is 5.11 Å². The molecule has 1 heterocycles. The van der Waals surface area contributed by atoms with Gasteiger partial charge in [-0.05, 0) is 12.8 Å². The molecule has 0 aliphatic carbocycles. The Hall–Kier alpha value is -2.45. The zero-order valence-electron chi connectivity index (χ0n) is 9.29. The summed E-state index contributed by atoms with van der Waals surface area (Å²) in [6.45, 7) is 0.115. The van der Waals surface area contributed by atoms with Crippen molar-refractivity contribution < 1.29 is 14.8 Å². The van der Waals surface area contributed by atoms with E-state index in [0.29, 0.717) is 12.8 Å². The van der Waals surface area contributed by atoms with Gasteiger partial charge in [-0.1, -0.05) is 0 Å². The molecule has 0 aliphatic rings. The van der Waals surface area contributed by atoms with Crippen LogP contribution in [0.1, 0.15) is 19.3 Å². The lowest BCUT2D eigenvalue weighted by Gasteiger charge is -2.03. The first kappa shape index (κ1) is 13.6. The van der Waals surface area contributed by atoms with Crippen LogP contribution in [0, 0.1) is 10.1 Å². The Labute approximate surface area is 99.8 Å². The van der Waals surface area contributed by atoms with Crippen LogP contribution >= 0.6 is 0 Å². The quantitative estimate of drug-likeness (QED) is 0.408. The number of aromatic amines is 1. The number of nitro groups is 1. The molecule has 18 heavy (non-hydrogen) atoms. The molecule has 0 saturated heterocycles. The van der Waals surface area contributed by atoms with Crippen LogP contribution in [0.3, 0.4) is 0 Å². The van der Waals surface area contributed by atoms with Crippen LogP contribution in [0.25, 0.3) is 0 Å². The number of aryl methyl sites for hydroxylation is 1. The van der Waals surface area contributed by atoms with E-state index < -0.39 is 27.8 Å². The molecule has 0 unspecified atom stereocenters. The fourth-order valence-corrected chi connectivity index (χ4v) is 1.35. The Bertz CT molecular complexity index is 572. The first-order chi connectivity index (χ1) is 8.41. The molecular formula is C9H11N3O6. The fraction of sp³-hybridized carbons (Fsp3) is 0.444. The van der Waals surface area contributed by atoms with E-state index >= 15 is 0 Å². The van der Waals surface area contributed by atoms with Crippen molar-refractivity contribution in [2.75, 3.05) is 0 Å². The second-order valence-electron chi connectivity index (χ2n) is 3.57. The van der Waals surface area contributed by atoms with Crippen molar-refractivity contribution in [3.8, 4) is 0 Å². The molecule has 0 bridgehead atoms. The van der Waals surface area contributed by atoms with E-state index in [0.717, 1.165) is 10.8 Å². The predicted octanol–water partition coefficient (Wildman–Crippen LogP) is -0.300. The normalized spacial score (nSPS) is 10.2. The van der Waals surface area contributed by atoms with Gasteiger partial charge in [0.25, 0.3) is 0 Å². The summed E-state index contributed by atoms with van der Waals surface area (Å²) in [5.74, 6) is -0.949. The molecule has 0 radical (unpaired) electrons.